The predicted octanol–water partition coefficient (Wildman–Crippen LogP) is 3.99. The van der Waals surface area contributed by atoms with Crippen molar-refractivity contribution in [1.29, 1.82) is 0 Å². The van der Waals surface area contributed by atoms with Gasteiger partial charge in [-0.15, -0.1) is 11.3 Å². The van der Waals surface area contributed by atoms with Gasteiger partial charge in [0.2, 0.25) is 0 Å². The van der Waals surface area contributed by atoms with Crippen LogP contribution in [0.1, 0.15) is 10.4 Å². The zero-order chi connectivity index (χ0) is 9.10. The van der Waals surface area contributed by atoms with Gasteiger partial charge in [0.15, 0.2) is 0 Å². The Hall–Kier alpha value is -0.790. The fraction of sp³-hybridized carbons (Fsp3) is 0.0909. The minimum Gasteiger partial charge on any atom is -0.147 e. The van der Waals surface area contributed by atoms with Crippen molar-refractivity contribution in [2.45, 2.75) is 6.42 Å². The van der Waals surface area contributed by atoms with Crippen LogP contribution in [0.4, 0.5) is 0 Å². The molecule has 0 saturated carbocycles. The highest BCUT2D eigenvalue weighted by atomic mass is 35.5. The zero-order valence-electron chi connectivity index (χ0n) is 7.03. The molecule has 0 spiro atoms. The first kappa shape index (κ1) is 8.79. The summed E-state index contributed by atoms with van der Waals surface area (Å²) in [6.45, 7) is 0. The number of halogens is 1. The predicted molar refractivity (Wildman–Crippen MR) is 58.6 cm³/mol. The van der Waals surface area contributed by atoms with Gasteiger partial charge in [0, 0.05) is 16.7 Å². The fourth-order valence-corrected chi connectivity index (χ4v) is 2.35. The van der Waals surface area contributed by atoms with E-state index >= 15 is 0 Å². The Morgan fingerprint density at radius 3 is 2.54 bits per heavy atom. The van der Waals surface area contributed by atoms with Crippen LogP contribution < -0.4 is 0 Å². The van der Waals surface area contributed by atoms with Crippen LogP contribution in [0.25, 0.3) is 0 Å². The Balaban J connectivity index is 2.15. The lowest BCUT2D eigenvalue weighted by atomic mass is 10.1. The second-order valence-electron chi connectivity index (χ2n) is 2.89. The summed E-state index contributed by atoms with van der Waals surface area (Å²) in [4.78, 5) is 1.32. The summed E-state index contributed by atoms with van der Waals surface area (Å²) in [5.41, 5.74) is 1.33. The van der Waals surface area contributed by atoms with Crippen LogP contribution in [0.2, 0.25) is 5.02 Å². The van der Waals surface area contributed by atoms with Gasteiger partial charge in [0.1, 0.15) is 0 Å². The van der Waals surface area contributed by atoms with Crippen LogP contribution in [-0.4, -0.2) is 0 Å². The highest BCUT2D eigenvalue weighted by Gasteiger charge is 1.98. The van der Waals surface area contributed by atoms with Crippen LogP contribution in [0.5, 0.6) is 0 Å². The van der Waals surface area contributed by atoms with Crippen molar-refractivity contribution >= 4 is 22.9 Å². The van der Waals surface area contributed by atoms with Crippen LogP contribution >= 0.6 is 22.9 Å². The van der Waals surface area contributed by atoms with E-state index in [0.29, 0.717) is 0 Å². The van der Waals surface area contributed by atoms with E-state index in [1.807, 2.05) is 17.5 Å². The average Bonchev–Trinajstić information content (AvgIpc) is 2.53. The summed E-state index contributed by atoms with van der Waals surface area (Å²) in [5, 5.41) is 2.82. The minimum atomic E-state index is 0.843. The standard InChI is InChI=1S/C11H9ClS/c12-10-7-11(13-8-10)6-9-4-2-1-3-5-9/h1-5,7-8H,6H2. The largest absolute Gasteiger partial charge is 0.147 e. The molecule has 0 aliphatic heterocycles. The minimum absolute atomic E-state index is 0.843. The summed E-state index contributed by atoms with van der Waals surface area (Å²) in [7, 11) is 0. The van der Waals surface area contributed by atoms with E-state index in [9.17, 15) is 0 Å². The Morgan fingerprint density at radius 1 is 1.15 bits per heavy atom. The third kappa shape index (κ3) is 2.33. The summed E-state index contributed by atoms with van der Waals surface area (Å²) < 4.78 is 0. The Kier molecular flexibility index (Phi) is 2.67. The number of hydrogen-bond acceptors (Lipinski definition) is 1. The summed E-state index contributed by atoms with van der Waals surface area (Å²) >= 11 is 7.55. The first-order valence-corrected chi connectivity index (χ1v) is 5.37. The molecule has 1 aromatic heterocycles. The molecule has 0 aliphatic rings. The van der Waals surface area contributed by atoms with E-state index in [2.05, 4.69) is 24.3 Å². The third-order valence-corrected chi connectivity index (χ3v) is 3.13. The quantitative estimate of drug-likeness (QED) is 0.700. The fourth-order valence-electron chi connectivity index (χ4n) is 1.24. The molecule has 0 unspecified atom stereocenters. The smallest absolute Gasteiger partial charge is 0.0515 e. The molecule has 2 aromatic rings. The van der Waals surface area contributed by atoms with Crippen molar-refractivity contribution in [3.63, 3.8) is 0 Å². The normalized spacial score (nSPS) is 10.2. The number of thiophene rings is 1. The van der Waals surface area contributed by atoms with Gasteiger partial charge in [-0.1, -0.05) is 41.9 Å². The topological polar surface area (TPSA) is 0 Å². The second kappa shape index (κ2) is 3.95. The molecule has 2 heteroatoms. The molecule has 1 aromatic carbocycles. The molecule has 13 heavy (non-hydrogen) atoms. The van der Waals surface area contributed by atoms with Crippen molar-refractivity contribution in [1.82, 2.24) is 0 Å². The van der Waals surface area contributed by atoms with Gasteiger partial charge in [0.25, 0.3) is 0 Å². The van der Waals surface area contributed by atoms with E-state index in [0.717, 1.165) is 11.4 Å². The Labute approximate surface area is 86.8 Å². The van der Waals surface area contributed by atoms with Crippen molar-refractivity contribution in [3.05, 3.63) is 57.2 Å². The van der Waals surface area contributed by atoms with Gasteiger partial charge in [-0.2, -0.15) is 0 Å². The second-order valence-corrected chi connectivity index (χ2v) is 4.33. The molecule has 0 amide bonds. The molecule has 0 N–H and O–H groups in total. The maximum Gasteiger partial charge on any atom is 0.0515 e. The van der Waals surface area contributed by atoms with E-state index in [4.69, 9.17) is 11.6 Å². The average molecular weight is 209 g/mol. The van der Waals surface area contributed by atoms with Crippen LogP contribution in [0.15, 0.2) is 41.8 Å². The highest BCUT2D eigenvalue weighted by molar-refractivity contribution is 7.10. The first-order chi connectivity index (χ1) is 6.34. The van der Waals surface area contributed by atoms with E-state index in [1.54, 1.807) is 11.3 Å². The van der Waals surface area contributed by atoms with Crippen LogP contribution in [0, 0.1) is 0 Å². The van der Waals surface area contributed by atoms with Crippen molar-refractivity contribution in [2.24, 2.45) is 0 Å². The maximum atomic E-state index is 5.84. The molecule has 1 heterocycles. The lowest BCUT2D eigenvalue weighted by Crippen LogP contribution is -1.81. The van der Waals surface area contributed by atoms with Crippen molar-refractivity contribution < 1.29 is 0 Å². The van der Waals surface area contributed by atoms with Crippen LogP contribution in [-0.2, 0) is 6.42 Å². The molecule has 0 bridgehead atoms. The summed E-state index contributed by atoms with van der Waals surface area (Å²) in [5.74, 6) is 0. The molecule has 0 radical (unpaired) electrons. The van der Waals surface area contributed by atoms with Crippen molar-refractivity contribution in [2.75, 3.05) is 0 Å². The van der Waals surface area contributed by atoms with E-state index in [-0.39, 0.29) is 0 Å². The number of benzene rings is 1. The van der Waals surface area contributed by atoms with Gasteiger partial charge in [-0.25, -0.2) is 0 Å². The third-order valence-electron chi connectivity index (χ3n) is 1.84. The Morgan fingerprint density at radius 2 is 1.92 bits per heavy atom. The SMILES string of the molecule is Clc1csc(Cc2ccccc2)c1. The summed E-state index contributed by atoms with van der Waals surface area (Å²) in [6.07, 6.45) is 0.984. The lowest BCUT2D eigenvalue weighted by Gasteiger charge is -1.96. The van der Waals surface area contributed by atoms with Gasteiger partial charge >= 0.3 is 0 Å². The Bertz CT molecular complexity index is 378. The van der Waals surface area contributed by atoms with Gasteiger partial charge in [-0.3, -0.25) is 0 Å². The van der Waals surface area contributed by atoms with Gasteiger partial charge in [-0.05, 0) is 11.6 Å². The van der Waals surface area contributed by atoms with Crippen LogP contribution in [0.3, 0.4) is 0 Å². The number of rotatable bonds is 2. The summed E-state index contributed by atoms with van der Waals surface area (Å²) in [6, 6.07) is 12.4. The van der Waals surface area contributed by atoms with Gasteiger partial charge < -0.3 is 0 Å². The first-order valence-electron chi connectivity index (χ1n) is 4.11. The maximum absolute atomic E-state index is 5.84. The van der Waals surface area contributed by atoms with E-state index in [1.165, 1.54) is 10.4 Å². The lowest BCUT2D eigenvalue weighted by molar-refractivity contribution is 1.24. The van der Waals surface area contributed by atoms with Crippen molar-refractivity contribution in [3.8, 4) is 0 Å². The highest BCUT2D eigenvalue weighted by Crippen LogP contribution is 2.21. The molecule has 0 atom stereocenters. The molecule has 2 rings (SSSR count). The molecule has 0 fully saturated rings. The monoisotopic (exact) mass is 208 g/mol. The van der Waals surface area contributed by atoms with Gasteiger partial charge in [0.05, 0.1) is 5.02 Å². The molecular formula is C11H9ClS. The molecule has 0 nitrogen and oxygen atoms in total. The number of hydrogen-bond donors (Lipinski definition) is 0. The molecule has 0 aliphatic carbocycles. The molecular weight excluding hydrogens is 200 g/mol. The molecule has 66 valence electrons. The zero-order valence-corrected chi connectivity index (χ0v) is 8.61. The van der Waals surface area contributed by atoms with E-state index < -0.39 is 0 Å². The molecule has 0 saturated heterocycles.